The van der Waals surface area contributed by atoms with Crippen molar-refractivity contribution in [3.05, 3.63) is 45.6 Å². The number of hydrogen-bond donors (Lipinski definition) is 0. The van der Waals surface area contributed by atoms with Gasteiger partial charge in [-0.1, -0.05) is 5.16 Å². The van der Waals surface area contributed by atoms with E-state index in [0.29, 0.717) is 31.4 Å². The first-order valence-electron chi connectivity index (χ1n) is 8.50. The van der Waals surface area contributed by atoms with Crippen LogP contribution in [0.15, 0.2) is 22.7 Å². The Morgan fingerprint density at radius 2 is 2.31 bits per heavy atom. The SMILES string of the molecule is CCOc1ccc(C(=O)N2CCC[C@H](c3nc(C)no3)C2)cc1[N+](=O)[O-]. The van der Waals surface area contributed by atoms with Crippen LogP contribution in [0.4, 0.5) is 5.69 Å². The van der Waals surface area contributed by atoms with Crippen molar-refractivity contribution in [1.82, 2.24) is 15.0 Å². The first-order chi connectivity index (χ1) is 12.5. The molecule has 0 unspecified atom stereocenters. The Morgan fingerprint density at radius 3 is 2.96 bits per heavy atom. The molecule has 0 saturated carbocycles. The molecule has 9 heteroatoms. The van der Waals surface area contributed by atoms with E-state index >= 15 is 0 Å². The average Bonchev–Trinajstić information content (AvgIpc) is 3.08. The van der Waals surface area contributed by atoms with Crippen LogP contribution in [0.2, 0.25) is 0 Å². The highest BCUT2D eigenvalue weighted by molar-refractivity contribution is 5.95. The Labute approximate surface area is 150 Å². The zero-order valence-corrected chi connectivity index (χ0v) is 14.7. The quantitative estimate of drug-likeness (QED) is 0.595. The lowest BCUT2D eigenvalue weighted by Crippen LogP contribution is -2.39. The fourth-order valence-electron chi connectivity index (χ4n) is 3.10. The normalized spacial score (nSPS) is 17.2. The van der Waals surface area contributed by atoms with E-state index < -0.39 is 4.92 Å². The summed E-state index contributed by atoms with van der Waals surface area (Å²) in [5.41, 5.74) is 0.0568. The molecule has 1 aromatic heterocycles. The molecule has 1 aromatic carbocycles. The van der Waals surface area contributed by atoms with Gasteiger partial charge in [0.05, 0.1) is 17.4 Å². The second-order valence-electron chi connectivity index (χ2n) is 6.14. The minimum Gasteiger partial charge on any atom is -0.487 e. The van der Waals surface area contributed by atoms with Gasteiger partial charge in [0.15, 0.2) is 11.6 Å². The van der Waals surface area contributed by atoms with E-state index in [9.17, 15) is 14.9 Å². The Kier molecular flexibility index (Phi) is 5.15. The molecule has 26 heavy (non-hydrogen) atoms. The third-order valence-electron chi connectivity index (χ3n) is 4.30. The van der Waals surface area contributed by atoms with Gasteiger partial charge in [-0.15, -0.1) is 0 Å². The summed E-state index contributed by atoms with van der Waals surface area (Å²) in [6.45, 7) is 4.84. The number of carbonyl (C=O) groups is 1. The van der Waals surface area contributed by atoms with Crippen molar-refractivity contribution in [3.8, 4) is 5.75 Å². The summed E-state index contributed by atoms with van der Waals surface area (Å²) < 4.78 is 10.5. The molecule has 0 N–H and O–H groups in total. The van der Waals surface area contributed by atoms with E-state index in [1.807, 2.05) is 0 Å². The van der Waals surface area contributed by atoms with Crippen LogP contribution in [0, 0.1) is 17.0 Å². The van der Waals surface area contributed by atoms with E-state index in [2.05, 4.69) is 10.1 Å². The number of nitrogens with zero attached hydrogens (tertiary/aromatic N) is 4. The minimum absolute atomic E-state index is 0.0217. The van der Waals surface area contributed by atoms with Crippen molar-refractivity contribution < 1.29 is 19.0 Å². The zero-order valence-electron chi connectivity index (χ0n) is 14.7. The van der Waals surface area contributed by atoms with Gasteiger partial charge in [-0.25, -0.2) is 0 Å². The molecule has 2 aromatic rings. The molecule has 0 aliphatic carbocycles. The number of rotatable bonds is 5. The van der Waals surface area contributed by atoms with E-state index in [1.54, 1.807) is 24.8 Å². The molecule has 1 atom stereocenters. The monoisotopic (exact) mass is 360 g/mol. The topological polar surface area (TPSA) is 112 Å². The van der Waals surface area contributed by atoms with Crippen LogP contribution in [0.3, 0.4) is 0 Å². The molecule has 0 radical (unpaired) electrons. The standard InChI is InChI=1S/C17H20N4O5/c1-3-25-15-7-6-12(9-14(15)21(23)24)17(22)20-8-4-5-13(10-20)16-18-11(2)19-26-16/h6-7,9,13H,3-5,8,10H2,1-2H3/t13-/m0/s1. The second-order valence-corrected chi connectivity index (χ2v) is 6.14. The number of piperidine rings is 1. The fourth-order valence-corrected chi connectivity index (χ4v) is 3.10. The van der Waals surface area contributed by atoms with Crippen molar-refractivity contribution in [1.29, 1.82) is 0 Å². The molecular weight excluding hydrogens is 340 g/mol. The van der Waals surface area contributed by atoms with Crippen molar-refractivity contribution in [3.63, 3.8) is 0 Å². The van der Waals surface area contributed by atoms with Gasteiger partial charge in [0.25, 0.3) is 5.91 Å². The fraction of sp³-hybridized carbons (Fsp3) is 0.471. The summed E-state index contributed by atoms with van der Waals surface area (Å²) in [6.07, 6.45) is 1.66. The number of carbonyl (C=O) groups excluding carboxylic acids is 1. The van der Waals surface area contributed by atoms with Gasteiger partial charge in [-0.2, -0.15) is 4.98 Å². The number of likely N-dealkylation sites (tertiary alicyclic amines) is 1. The van der Waals surface area contributed by atoms with Crippen molar-refractivity contribution in [2.75, 3.05) is 19.7 Å². The molecule has 1 fully saturated rings. The predicted octanol–water partition coefficient (Wildman–Crippen LogP) is 2.70. The molecule has 138 valence electrons. The van der Waals surface area contributed by atoms with Crippen LogP contribution in [0.1, 0.15) is 47.8 Å². The molecule has 2 heterocycles. The van der Waals surface area contributed by atoms with Crippen LogP contribution in [-0.2, 0) is 0 Å². The molecule has 0 bridgehead atoms. The maximum atomic E-state index is 12.8. The predicted molar refractivity (Wildman–Crippen MR) is 91.2 cm³/mol. The maximum Gasteiger partial charge on any atom is 0.311 e. The zero-order chi connectivity index (χ0) is 18.7. The second kappa shape index (κ2) is 7.51. The Morgan fingerprint density at radius 1 is 1.50 bits per heavy atom. The van der Waals surface area contributed by atoms with Crippen molar-refractivity contribution >= 4 is 11.6 Å². The first-order valence-corrected chi connectivity index (χ1v) is 8.50. The number of nitro benzene ring substituents is 1. The van der Waals surface area contributed by atoms with Gasteiger partial charge >= 0.3 is 5.69 Å². The molecular formula is C17H20N4O5. The Balaban J connectivity index is 1.80. The average molecular weight is 360 g/mol. The van der Waals surface area contributed by atoms with Gasteiger partial charge < -0.3 is 14.2 Å². The summed E-state index contributed by atoms with van der Waals surface area (Å²) in [7, 11) is 0. The van der Waals surface area contributed by atoms with Crippen LogP contribution in [0.25, 0.3) is 0 Å². The molecule has 0 spiro atoms. The number of aromatic nitrogens is 2. The number of hydrogen-bond acceptors (Lipinski definition) is 7. The van der Waals surface area contributed by atoms with Gasteiger partial charge in [0.2, 0.25) is 5.89 Å². The van der Waals surface area contributed by atoms with Crippen molar-refractivity contribution in [2.24, 2.45) is 0 Å². The third-order valence-corrected chi connectivity index (χ3v) is 4.30. The summed E-state index contributed by atoms with van der Waals surface area (Å²) >= 11 is 0. The summed E-state index contributed by atoms with van der Waals surface area (Å²) in [4.78, 5) is 29.5. The minimum atomic E-state index is -0.540. The number of aryl methyl sites for hydroxylation is 1. The van der Waals surface area contributed by atoms with Gasteiger partial charge in [-0.3, -0.25) is 14.9 Å². The van der Waals surface area contributed by atoms with Gasteiger partial charge in [0, 0.05) is 24.7 Å². The van der Waals surface area contributed by atoms with E-state index in [-0.39, 0.29) is 28.8 Å². The van der Waals surface area contributed by atoms with Gasteiger partial charge in [-0.05, 0) is 38.8 Å². The van der Waals surface area contributed by atoms with E-state index in [1.165, 1.54) is 12.1 Å². The summed E-state index contributed by atoms with van der Waals surface area (Å²) in [6, 6.07) is 4.30. The van der Waals surface area contributed by atoms with Gasteiger partial charge in [0.1, 0.15) is 0 Å². The van der Waals surface area contributed by atoms with E-state index in [0.717, 1.165) is 12.8 Å². The lowest BCUT2D eigenvalue weighted by atomic mass is 9.97. The summed E-state index contributed by atoms with van der Waals surface area (Å²) in [5.74, 6) is 0.971. The number of amides is 1. The van der Waals surface area contributed by atoms with Crippen LogP contribution in [0.5, 0.6) is 5.75 Å². The Bertz CT molecular complexity index is 819. The molecule has 3 rings (SSSR count). The highest BCUT2D eigenvalue weighted by Crippen LogP contribution is 2.30. The first kappa shape index (κ1) is 17.8. The highest BCUT2D eigenvalue weighted by Gasteiger charge is 2.30. The molecule has 1 aliphatic rings. The van der Waals surface area contributed by atoms with Crippen LogP contribution >= 0.6 is 0 Å². The molecule has 1 saturated heterocycles. The van der Waals surface area contributed by atoms with Crippen LogP contribution < -0.4 is 4.74 Å². The maximum absolute atomic E-state index is 12.8. The Hall–Kier alpha value is -2.97. The highest BCUT2D eigenvalue weighted by atomic mass is 16.6. The smallest absolute Gasteiger partial charge is 0.311 e. The number of ether oxygens (including phenoxy) is 1. The molecule has 9 nitrogen and oxygen atoms in total. The lowest BCUT2D eigenvalue weighted by Gasteiger charge is -2.31. The largest absolute Gasteiger partial charge is 0.487 e. The van der Waals surface area contributed by atoms with Crippen LogP contribution in [-0.4, -0.2) is 45.6 Å². The third kappa shape index (κ3) is 3.66. The van der Waals surface area contributed by atoms with E-state index in [4.69, 9.17) is 9.26 Å². The molecule has 1 amide bonds. The summed E-state index contributed by atoms with van der Waals surface area (Å²) in [5, 5.41) is 15.1. The number of benzene rings is 1. The van der Waals surface area contributed by atoms with Crippen molar-refractivity contribution in [2.45, 2.75) is 32.6 Å². The molecule has 1 aliphatic heterocycles. The number of nitro groups is 1. The lowest BCUT2D eigenvalue weighted by molar-refractivity contribution is -0.385.